The highest BCUT2D eigenvalue weighted by Crippen LogP contribution is 2.41. The number of nitrogens with two attached hydrogens (primary N) is 1. The molecule has 1 aliphatic carbocycles. The van der Waals surface area contributed by atoms with Crippen molar-refractivity contribution in [2.75, 3.05) is 0 Å². The molecule has 3 N–H and O–H groups in total. The SMILES string of the molecule is NC1(c2cc(Br)cc([N+](=O)[O-])c2)CC(O)C1. The third kappa shape index (κ3) is 1.95. The van der Waals surface area contributed by atoms with Crippen LogP contribution in [0.3, 0.4) is 0 Å². The second kappa shape index (κ2) is 3.80. The number of benzene rings is 1. The van der Waals surface area contributed by atoms with Gasteiger partial charge >= 0.3 is 0 Å². The molecule has 1 saturated carbocycles. The Labute approximate surface area is 101 Å². The van der Waals surface area contributed by atoms with Crippen molar-refractivity contribution >= 4 is 21.6 Å². The Balaban J connectivity index is 2.38. The van der Waals surface area contributed by atoms with Crippen molar-refractivity contribution in [3.63, 3.8) is 0 Å². The van der Waals surface area contributed by atoms with E-state index < -0.39 is 16.6 Å². The van der Waals surface area contributed by atoms with Gasteiger partial charge in [0.05, 0.1) is 11.0 Å². The van der Waals surface area contributed by atoms with Crippen molar-refractivity contribution in [2.45, 2.75) is 24.5 Å². The van der Waals surface area contributed by atoms with E-state index in [-0.39, 0.29) is 5.69 Å². The summed E-state index contributed by atoms with van der Waals surface area (Å²) >= 11 is 3.22. The van der Waals surface area contributed by atoms with Gasteiger partial charge in [0.25, 0.3) is 5.69 Å². The maximum absolute atomic E-state index is 10.7. The molecule has 2 rings (SSSR count). The second-order valence-corrected chi connectivity index (χ2v) is 5.09. The van der Waals surface area contributed by atoms with Gasteiger partial charge in [0.1, 0.15) is 0 Å². The first kappa shape index (κ1) is 11.5. The zero-order valence-electron chi connectivity index (χ0n) is 8.39. The molecule has 1 fully saturated rings. The van der Waals surface area contributed by atoms with E-state index in [0.717, 1.165) is 0 Å². The minimum atomic E-state index is -0.631. The molecule has 0 saturated heterocycles. The number of nitro benzene ring substituents is 1. The first-order valence-corrected chi connectivity index (χ1v) is 5.62. The van der Waals surface area contributed by atoms with E-state index in [1.807, 2.05) is 0 Å². The van der Waals surface area contributed by atoms with Crippen LogP contribution in [0.2, 0.25) is 0 Å². The zero-order chi connectivity index (χ0) is 11.9. The molecule has 0 atom stereocenters. The summed E-state index contributed by atoms with van der Waals surface area (Å²) in [6.07, 6.45) is 0.490. The van der Waals surface area contributed by atoms with Gasteiger partial charge in [-0.3, -0.25) is 10.1 Å². The van der Waals surface area contributed by atoms with Crippen LogP contribution in [-0.4, -0.2) is 16.1 Å². The highest BCUT2D eigenvalue weighted by atomic mass is 79.9. The van der Waals surface area contributed by atoms with Crippen LogP contribution in [0.15, 0.2) is 22.7 Å². The summed E-state index contributed by atoms with van der Waals surface area (Å²) in [6.45, 7) is 0. The Morgan fingerprint density at radius 1 is 1.50 bits per heavy atom. The number of aliphatic hydroxyl groups excluding tert-OH is 1. The van der Waals surface area contributed by atoms with Crippen LogP contribution >= 0.6 is 15.9 Å². The summed E-state index contributed by atoms with van der Waals surface area (Å²) in [4.78, 5) is 10.2. The van der Waals surface area contributed by atoms with Gasteiger partial charge in [-0.2, -0.15) is 0 Å². The summed E-state index contributed by atoms with van der Waals surface area (Å²) in [5.41, 5.74) is 6.12. The van der Waals surface area contributed by atoms with Crippen molar-refractivity contribution in [3.05, 3.63) is 38.3 Å². The van der Waals surface area contributed by atoms with Crippen LogP contribution < -0.4 is 5.73 Å². The first-order valence-electron chi connectivity index (χ1n) is 4.83. The number of halogens is 1. The minimum Gasteiger partial charge on any atom is -0.393 e. The van der Waals surface area contributed by atoms with Crippen molar-refractivity contribution in [1.29, 1.82) is 0 Å². The van der Waals surface area contributed by atoms with E-state index in [2.05, 4.69) is 15.9 Å². The first-order chi connectivity index (χ1) is 7.40. The molecule has 0 unspecified atom stereocenters. The molecule has 1 aliphatic rings. The van der Waals surface area contributed by atoms with E-state index in [4.69, 9.17) is 5.73 Å². The highest BCUT2D eigenvalue weighted by Gasteiger charge is 2.42. The van der Waals surface area contributed by atoms with Gasteiger partial charge in [0, 0.05) is 22.1 Å². The Bertz CT molecular complexity index is 444. The molecule has 86 valence electrons. The molecule has 0 bridgehead atoms. The molecule has 0 radical (unpaired) electrons. The summed E-state index contributed by atoms with van der Waals surface area (Å²) in [6, 6.07) is 4.66. The van der Waals surface area contributed by atoms with Crippen LogP contribution in [0.1, 0.15) is 18.4 Å². The molecular weight excluding hydrogens is 276 g/mol. The Hall–Kier alpha value is -0.980. The molecule has 1 aromatic carbocycles. The van der Waals surface area contributed by atoms with Crippen molar-refractivity contribution in [2.24, 2.45) is 5.73 Å². The zero-order valence-corrected chi connectivity index (χ0v) is 9.98. The van der Waals surface area contributed by atoms with Crippen molar-refractivity contribution in [1.82, 2.24) is 0 Å². The van der Waals surface area contributed by atoms with E-state index >= 15 is 0 Å². The van der Waals surface area contributed by atoms with Crippen LogP contribution in [0.4, 0.5) is 5.69 Å². The van der Waals surface area contributed by atoms with E-state index in [9.17, 15) is 15.2 Å². The molecular formula is C10H11BrN2O3. The Morgan fingerprint density at radius 2 is 2.12 bits per heavy atom. The number of hydrogen-bond acceptors (Lipinski definition) is 4. The maximum atomic E-state index is 10.7. The monoisotopic (exact) mass is 286 g/mol. The maximum Gasteiger partial charge on any atom is 0.270 e. The third-order valence-electron chi connectivity index (χ3n) is 2.87. The summed E-state index contributed by atoms with van der Waals surface area (Å²) in [5.74, 6) is 0. The summed E-state index contributed by atoms with van der Waals surface area (Å²) in [5, 5.41) is 20.0. The normalized spacial score (nSPS) is 28.6. The highest BCUT2D eigenvalue weighted by molar-refractivity contribution is 9.10. The van der Waals surface area contributed by atoms with Gasteiger partial charge in [-0.25, -0.2) is 0 Å². The number of aliphatic hydroxyl groups is 1. The average molecular weight is 287 g/mol. The lowest BCUT2D eigenvalue weighted by atomic mass is 9.70. The van der Waals surface area contributed by atoms with Gasteiger partial charge in [-0.1, -0.05) is 15.9 Å². The average Bonchev–Trinajstić information content (AvgIpc) is 2.14. The summed E-state index contributed by atoms with van der Waals surface area (Å²) < 4.78 is 0.628. The number of rotatable bonds is 2. The number of non-ortho nitro benzene ring substituents is 1. The topological polar surface area (TPSA) is 89.4 Å². The molecule has 0 amide bonds. The van der Waals surface area contributed by atoms with E-state index in [1.165, 1.54) is 12.1 Å². The van der Waals surface area contributed by atoms with Crippen molar-refractivity contribution in [3.8, 4) is 0 Å². The fourth-order valence-corrected chi connectivity index (χ4v) is 2.47. The fourth-order valence-electron chi connectivity index (χ4n) is 1.98. The minimum absolute atomic E-state index is 0.00981. The quantitative estimate of drug-likeness (QED) is 0.639. The third-order valence-corrected chi connectivity index (χ3v) is 3.33. The molecule has 1 aromatic rings. The van der Waals surface area contributed by atoms with Crippen LogP contribution in [0.5, 0.6) is 0 Å². The van der Waals surface area contributed by atoms with Gasteiger partial charge < -0.3 is 10.8 Å². The number of nitro groups is 1. The lowest BCUT2D eigenvalue weighted by Gasteiger charge is -2.42. The predicted molar refractivity (Wildman–Crippen MR) is 61.9 cm³/mol. The molecule has 0 aliphatic heterocycles. The number of hydrogen-bond donors (Lipinski definition) is 2. The van der Waals surface area contributed by atoms with Crippen LogP contribution in [-0.2, 0) is 5.54 Å². The lowest BCUT2D eigenvalue weighted by molar-refractivity contribution is -0.385. The van der Waals surface area contributed by atoms with Gasteiger partial charge in [0.15, 0.2) is 0 Å². The van der Waals surface area contributed by atoms with Crippen molar-refractivity contribution < 1.29 is 10.0 Å². The molecule has 0 spiro atoms. The Kier molecular flexibility index (Phi) is 2.73. The van der Waals surface area contributed by atoms with Crippen LogP contribution in [0, 0.1) is 10.1 Å². The molecule has 16 heavy (non-hydrogen) atoms. The molecule has 6 heteroatoms. The predicted octanol–water partition coefficient (Wildman–Crippen LogP) is 1.67. The van der Waals surface area contributed by atoms with E-state index in [1.54, 1.807) is 6.07 Å². The van der Waals surface area contributed by atoms with Gasteiger partial charge in [0.2, 0.25) is 0 Å². The second-order valence-electron chi connectivity index (χ2n) is 4.17. The van der Waals surface area contributed by atoms with E-state index in [0.29, 0.717) is 22.9 Å². The molecule has 5 nitrogen and oxygen atoms in total. The van der Waals surface area contributed by atoms with Gasteiger partial charge in [-0.15, -0.1) is 0 Å². The summed E-state index contributed by atoms with van der Waals surface area (Å²) in [7, 11) is 0. The lowest BCUT2D eigenvalue weighted by Crippen LogP contribution is -2.51. The van der Waals surface area contributed by atoms with Crippen LogP contribution in [0.25, 0.3) is 0 Å². The molecule has 0 heterocycles. The number of nitrogens with zero attached hydrogens (tertiary/aromatic N) is 1. The molecule has 0 aromatic heterocycles. The smallest absolute Gasteiger partial charge is 0.270 e. The largest absolute Gasteiger partial charge is 0.393 e. The van der Waals surface area contributed by atoms with Gasteiger partial charge in [-0.05, 0) is 24.5 Å². The Morgan fingerprint density at radius 3 is 2.62 bits per heavy atom. The standard InChI is InChI=1S/C10H11BrN2O3/c11-7-1-6(2-8(3-7)13(15)16)10(12)4-9(14)5-10/h1-3,9,14H,4-5,12H2. The fraction of sp³-hybridized carbons (Fsp3) is 0.400.